The third kappa shape index (κ3) is 3.18. The Hall–Kier alpha value is -1.63. The van der Waals surface area contributed by atoms with Gasteiger partial charge in [0, 0.05) is 16.8 Å². The topological polar surface area (TPSA) is 26.3 Å². The fourth-order valence-electron chi connectivity index (χ4n) is 2.66. The molecule has 1 aliphatic heterocycles. The lowest BCUT2D eigenvalue weighted by atomic mass is 10.2. The van der Waals surface area contributed by atoms with Gasteiger partial charge in [0.05, 0.1) is 12.7 Å². The van der Waals surface area contributed by atoms with Gasteiger partial charge in [-0.25, -0.2) is 0 Å². The number of benzene rings is 2. The molecule has 108 valence electrons. The summed E-state index contributed by atoms with van der Waals surface area (Å²) in [5.74, 6) is 0. The van der Waals surface area contributed by atoms with Crippen molar-refractivity contribution in [1.29, 1.82) is 0 Å². The van der Waals surface area contributed by atoms with E-state index in [-0.39, 0.29) is 6.10 Å². The van der Waals surface area contributed by atoms with Crippen LogP contribution < -0.4 is 10.6 Å². The second-order valence-electron chi connectivity index (χ2n) is 5.22. The third-order valence-corrected chi connectivity index (χ3v) is 6.89. The second-order valence-corrected chi connectivity index (χ2v) is 8.10. The molecule has 1 aliphatic rings. The van der Waals surface area contributed by atoms with Crippen LogP contribution in [0.5, 0.6) is 0 Å². The molecule has 0 unspecified atom stereocenters. The largest absolute Gasteiger partial charge is 0.373 e. The van der Waals surface area contributed by atoms with Crippen LogP contribution in [0, 0.1) is 0 Å². The highest BCUT2D eigenvalue weighted by Crippen LogP contribution is 2.44. The van der Waals surface area contributed by atoms with Crippen molar-refractivity contribution in [1.82, 2.24) is 0 Å². The van der Waals surface area contributed by atoms with Gasteiger partial charge in [-0.1, -0.05) is 72.8 Å². The normalized spacial score (nSPS) is 18.6. The Labute approximate surface area is 125 Å². The molecule has 21 heavy (non-hydrogen) atoms. The first kappa shape index (κ1) is 14.3. The van der Waals surface area contributed by atoms with Gasteiger partial charge in [0.15, 0.2) is 0 Å². The molecule has 3 heteroatoms. The van der Waals surface area contributed by atoms with Crippen molar-refractivity contribution in [3.8, 4) is 0 Å². The van der Waals surface area contributed by atoms with Gasteiger partial charge in [0.1, 0.15) is 7.14 Å². The number of ether oxygens (including phenoxy) is 1. The van der Waals surface area contributed by atoms with Crippen molar-refractivity contribution < 1.29 is 9.30 Å². The maximum Gasteiger partial charge on any atom is 0.146 e. The van der Waals surface area contributed by atoms with E-state index in [9.17, 15) is 4.57 Å². The van der Waals surface area contributed by atoms with Gasteiger partial charge in [-0.2, -0.15) is 0 Å². The minimum absolute atomic E-state index is 0.0648. The van der Waals surface area contributed by atoms with Crippen LogP contribution in [0.2, 0.25) is 0 Å². The summed E-state index contributed by atoms with van der Waals surface area (Å²) in [4.78, 5) is 0. The quantitative estimate of drug-likeness (QED) is 0.639. The summed E-state index contributed by atoms with van der Waals surface area (Å²) in [6, 6.07) is 19.5. The first-order valence-corrected chi connectivity index (χ1v) is 9.17. The molecule has 2 aromatic rings. The van der Waals surface area contributed by atoms with Gasteiger partial charge >= 0.3 is 0 Å². The Morgan fingerprint density at radius 2 is 1.52 bits per heavy atom. The molecule has 0 saturated heterocycles. The molecule has 0 amide bonds. The molecular formula is C18H19O2P. The SMILES string of the molecule is O=P(C[C@H]1C=CCCO1)(c1ccccc1)c1ccccc1. The highest BCUT2D eigenvalue weighted by atomic mass is 31.2. The molecule has 0 fully saturated rings. The summed E-state index contributed by atoms with van der Waals surface area (Å²) in [5, 5.41) is 1.80. The van der Waals surface area contributed by atoms with Crippen LogP contribution in [-0.2, 0) is 9.30 Å². The summed E-state index contributed by atoms with van der Waals surface area (Å²) in [6.45, 7) is 0.713. The fourth-order valence-corrected chi connectivity index (χ4v) is 5.42. The molecule has 0 bridgehead atoms. The van der Waals surface area contributed by atoms with Crippen molar-refractivity contribution in [3.05, 3.63) is 72.8 Å². The lowest BCUT2D eigenvalue weighted by Gasteiger charge is -2.25. The van der Waals surface area contributed by atoms with Gasteiger partial charge in [-0.15, -0.1) is 0 Å². The van der Waals surface area contributed by atoms with Crippen LogP contribution in [0.25, 0.3) is 0 Å². The van der Waals surface area contributed by atoms with Crippen LogP contribution in [-0.4, -0.2) is 18.9 Å². The second kappa shape index (κ2) is 6.43. The number of rotatable bonds is 4. The molecule has 0 aliphatic carbocycles. The van der Waals surface area contributed by atoms with Gasteiger partial charge in [0.25, 0.3) is 0 Å². The molecule has 2 nitrogen and oxygen atoms in total. The van der Waals surface area contributed by atoms with Gasteiger partial charge in [-0.3, -0.25) is 0 Å². The average molecular weight is 298 g/mol. The van der Waals surface area contributed by atoms with Gasteiger partial charge in [-0.05, 0) is 6.42 Å². The van der Waals surface area contributed by atoms with E-state index >= 15 is 0 Å². The smallest absolute Gasteiger partial charge is 0.146 e. The standard InChI is InChI=1S/C18H19O2P/c19-21(17-10-3-1-4-11-17,18-12-5-2-6-13-18)15-16-9-7-8-14-20-16/h1-7,9-13,16H,8,14-15H2/t16-/m1/s1. The van der Waals surface area contributed by atoms with E-state index in [0.29, 0.717) is 12.8 Å². The summed E-state index contributed by atoms with van der Waals surface area (Å²) >= 11 is 0. The Morgan fingerprint density at radius 3 is 2.00 bits per heavy atom. The lowest BCUT2D eigenvalue weighted by molar-refractivity contribution is 0.0943. The van der Waals surface area contributed by atoms with Crippen LogP contribution in [0.3, 0.4) is 0 Å². The molecule has 0 aromatic heterocycles. The molecule has 1 atom stereocenters. The summed E-state index contributed by atoms with van der Waals surface area (Å²) in [6.07, 6.45) is 5.57. The Balaban J connectivity index is 2.01. The van der Waals surface area contributed by atoms with E-state index in [4.69, 9.17) is 4.74 Å². The maximum absolute atomic E-state index is 13.8. The monoisotopic (exact) mass is 298 g/mol. The zero-order valence-corrected chi connectivity index (χ0v) is 12.8. The summed E-state index contributed by atoms with van der Waals surface area (Å²) < 4.78 is 19.5. The highest BCUT2D eigenvalue weighted by molar-refractivity contribution is 7.78. The highest BCUT2D eigenvalue weighted by Gasteiger charge is 2.30. The van der Waals surface area contributed by atoms with Gasteiger partial charge < -0.3 is 9.30 Å². The fraction of sp³-hybridized carbons (Fsp3) is 0.222. The zero-order valence-electron chi connectivity index (χ0n) is 11.9. The molecule has 0 saturated carbocycles. The Bertz CT molecular complexity index is 606. The molecule has 0 spiro atoms. The van der Waals surface area contributed by atoms with E-state index in [0.717, 1.165) is 17.0 Å². The average Bonchev–Trinajstić information content (AvgIpc) is 2.57. The minimum atomic E-state index is -2.67. The molecular weight excluding hydrogens is 279 g/mol. The maximum atomic E-state index is 13.8. The molecule has 0 radical (unpaired) electrons. The number of hydrogen-bond donors (Lipinski definition) is 0. The zero-order chi connectivity index (χ0) is 14.5. The number of hydrogen-bond acceptors (Lipinski definition) is 2. The summed E-state index contributed by atoms with van der Waals surface area (Å²) in [5.41, 5.74) is 0. The molecule has 0 N–H and O–H groups in total. The Kier molecular flexibility index (Phi) is 4.38. The van der Waals surface area contributed by atoms with E-state index in [1.54, 1.807) is 0 Å². The van der Waals surface area contributed by atoms with Crippen LogP contribution in [0.4, 0.5) is 0 Å². The van der Waals surface area contributed by atoms with E-state index in [1.807, 2.05) is 66.7 Å². The van der Waals surface area contributed by atoms with Crippen molar-refractivity contribution in [3.63, 3.8) is 0 Å². The molecule has 1 heterocycles. The molecule has 2 aromatic carbocycles. The summed E-state index contributed by atoms with van der Waals surface area (Å²) in [7, 11) is -2.67. The van der Waals surface area contributed by atoms with Crippen molar-refractivity contribution in [2.24, 2.45) is 0 Å². The first-order valence-electron chi connectivity index (χ1n) is 7.27. The predicted octanol–water partition coefficient (Wildman–Crippen LogP) is 3.35. The molecule has 3 rings (SSSR count). The van der Waals surface area contributed by atoms with E-state index < -0.39 is 7.14 Å². The third-order valence-electron chi connectivity index (χ3n) is 3.75. The van der Waals surface area contributed by atoms with Crippen molar-refractivity contribution >= 4 is 17.8 Å². The van der Waals surface area contributed by atoms with Gasteiger partial charge in [0.2, 0.25) is 0 Å². The van der Waals surface area contributed by atoms with Crippen LogP contribution >= 0.6 is 7.14 Å². The predicted molar refractivity (Wildman–Crippen MR) is 88.1 cm³/mol. The first-order chi connectivity index (χ1) is 10.3. The van der Waals surface area contributed by atoms with Crippen LogP contribution in [0.1, 0.15) is 6.42 Å². The van der Waals surface area contributed by atoms with E-state index in [1.165, 1.54) is 0 Å². The van der Waals surface area contributed by atoms with Crippen LogP contribution in [0.15, 0.2) is 72.8 Å². The van der Waals surface area contributed by atoms with Crippen molar-refractivity contribution in [2.75, 3.05) is 12.8 Å². The van der Waals surface area contributed by atoms with Crippen molar-refractivity contribution in [2.45, 2.75) is 12.5 Å². The van der Waals surface area contributed by atoms with E-state index in [2.05, 4.69) is 6.08 Å². The lowest BCUT2D eigenvalue weighted by Crippen LogP contribution is -2.27. The Morgan fingerprint density at radius 1 is 0.952 bits per heavy atom. The minimum Gasteiger partial charge on any atom is -0.373 e.